The summed E-state index contributed by atoms with van der Waals surface area (Å²) in [5.74, 6) is 0. The van der Waals surface area contributed by atoms with Crippen LogP contribution < -0.4 is 5.73 Å². The number of likely N-dealkylation sites (tertiary alicyclic amines) is 1. The molecule has 1 fully saturated rings. The summed E-state index contributed by atoms with van der Waals surface area (Å²) in [4.78, 5) is 2.91. The molecule has 1 rings (SSSR count). The average molecular weight is 244 g/mol. The van der Waals surface area contributed by atoms with Crippen molar-refractivity contribution in [2.45, 2.75) is 45.6 Å². The van der Waals surface area contributed by atoms with Gasteiger partial charge in [-0.25, -0.2) is 0 Å². The maximum absolute atomic E-state index is 9.83. The number of rotatable bonds is 5. The Kier molecular flexibility index (Phi) is 4.32. The Morgan fingerprint density at radius 1 is 1.56 bits per heavy atom. The van der Waals surface area contributed by atoms with Crippen molar-refractivity contribution < 1.29 is 5.11 Å². The van der Waals surface area contributed by atoms with E-state index in [0.29, 0.717) is 4.99 Å². The molecule has 0 radical (unpaired) electrons. The monoisotopic (exact) mass is 244 g/mol. The molecule has 0 spiro atoms. The second-order valence-corrected chi connectivity index (χ2v) is 6.31. The fourth-order valence-electron chi connectivity index (χ4n) is 2.10. The molecule has 4 heteroatoms. The van der Waals surface area contributed by atoms with E-state index < -0.39 is 5.60 Å². The van der Waals surface area contributed by atoms with Crippen LogP contribution in [0.1, 0.15) is 40.0 Å². The summed E-state index contributed by atoms with van der Waals surface area (Å²) in [7, 11) is 0. The van der Waals surface area contributed by atoms with Gasteiger partial charge in [0.05, 0.1) is 10.6 Å². The Hall–Kier alpha value is -0.190. The van der Waals surface area contributed by atoms with E-state index in [4.69, 9.17) is 18.0 Å². The first-order valence-corrected chi connectivity index (χ1v) is 6.38. The molecule has 1 aliphatic rings. The van der Waals surface area contributed by atoms with Gasteiger partial charge < -0.3 is 15.7 Å². The summed E-state index contributed by atoms with van der Waals surface area (Å²) in [6.45, 7) is 8.92. The topological polar surface area (TPSA) is 49.5 Å². The standard InChI is InChI=1S/C12H24N2OS/c1-11(2,10(13)16)5-4-7-14-8-6-12(3,15)9-14/h15H,4-9H2,1-3H3,(H2,13,16). The van der Waals surface area contributed by atoms with Crippen molar-refractivity contribution in [2.24, 2.45) is 11.1 Å². The predicted molar refractivity (Wildman–Crippen MR) is 71.5 cm³/mol. The molecule has 0 aromatic rings. The molecule has 1 aliphatic heterocycles. The fraction of sp³-hybridized carbons (Fsp3) is 0.917. The summed E-state index contributed by atoms with van der Waals surface area (Å²) in [5.41, 5.74) is 5.15. The van der Waals surface area contributed by atoms with Gasteiger partial charge >= 0.3 is 0 Å². The number of thiocarbonyl (C=S) groups is 1. The minimum atomic E-state index is -0.487. The summed E-state index contributed by atoms with van der Waals surface area (Å²) in [6.07, 6.45) is 2.98. The lowest BCUT2D eigenvalue weighted by molar-refractivity contribution is 0.0684. The minimum Gasteiger partial charge on any atom is -0.393 e. The predicted octanol–water partition coefficient (Wildman–Crippen LogP) is 1.54. The highest BCUT2D eigenvalue weighted by atomic mass is 32.1. The van der Waals surface area contributed by atoms with Gasteiger partial charge in [-0.2, -0.15) is 0 Å². The summed E-state index contributed by atoms with van der Waals surface area (Å²) in [6, 6.07) is 0. The molecule has 1 atom stereocenters. The second-order valence-electron chi connectivity index (χ2n) is 5.87. The van der Waals surface area contributed by atoms with E-state index in [1.54, 1.807) is 0 Å². The Balaban J connectivity index is 2.25. The van der Waals surface area contributed by atoms with Gasteiger partial charge in [-0.3, -0.25) is 0 Å². The van der Waals surface area contributed by atoms with Gasteiger partial charge in [0.1, 0.15) is 0 Å². The molecule has 16 heavy (non-hydrogen) atoms. The average Bonchev–Trinajstić information content (AvgIpc) is 2.45. The van der Waals surface area contributed by atoms with Crippen LogP contribution >= 0.6 is 12.2 Å². The summed E-state index contributed by atoms with van der Waals surface area (Å²) >= 11 is 5.04. The van der Waals surface area contributed by atoms with Crippen molar-refractivity contribution in [3.05, 3.63) is 0 Å². The molecule has 3 nitrogen and oxygen atoms in total. The van der Waals surface area contributed by atoms with Crippen LogP contribution in [0.25, 0.3) is 0 Å². The maximum atomic E-state index is 9.83. The zero-order chi connectivity index (χ0) is 12.4. The first-order valence-electron chi connectivity index (χ1n) is 5.98. The highest BCUT2D eigenvalue weighted by Crippen LogP contribution is 2.25. The van der Waals surface area contributed by atoms with E-state index in [0.717, 1.165) is 38.9 Å². The first-order chi connectivity index (χ1) is 7.23. The van der Waals surface area contributed by atoms with Crippen LogP contribution in [0, 0.1) is 5.41 Å². The van der Waals surface area contributed by atoms with Gasteiger partial charge in [-0.15, -0.1) is 0 Å². The highest BCUT2D eigenvalue weighted by molar-refractivity contribution is 7.80. The van der Waals surface area contributed by atoms with E-state index in [1.807, 2.05) is 6.92 Å². The Labute approximate surface area is 104 Å². The van der Waals surface area contributed by atoms with Gasteiger partial charge in [0, 0.05) is 18.5 Å². The van der Waals surface area contributed by atoms with Crippen molar-refractivity contribution >= 4 is 17.2 Å². The van der Waals surface area contributed by atoms with Crippen LogP contribution in [0.5, 0.6) is 0 Å². The zero-order valence-corrected chi connectivity index (χ0v) is 11.4. The fourth-order valence-corrected chi connectivity index (χ4v) is 2.20. The van der Waals surface area contributed by atoms with Gasteiger partial charge in [-0.1, -0.05) is 26.1 Å². The molecule has 1 heterocycles. The van der Waals surface area contributed by atoms with Crippen LogP contribution in [0.4, 0.5) is 0 Å². The Bertz CT molecular complexity index is 264. The molecule has 0 aromatic carbocycles. The van der Waals surface area contributed by atoms with E-state index in [9.17, 15) is 5.11 Å². The third kappa shape index (κ3) is 4.00. The largest absolute Gasteiger partial charge is 0.393 e. The molecule has 0 aliphatic carbocycles. The van der Waals surface area contributed by atoms with Crippen LogP contribution in [-0.4, -0.2) is 40.2 Å². The van der Waals surface area contributed by atoms with Crippen LogP contribution in [-0.2, 0) is 0 Å². The van der Waals surface area contributed by atoms with Gasteiger partial charge in [0.15, 0.2) is 0 Å². The first kappa shape index (κ1) is 13.9. The molecule has 94 valence electrons. The lowest BCUT2D eigenvalue weighted by Gasteiger charge is -2.25. The number of nitrogens with zero attached hydrogens (tertiary/aromatic N) is 1. The molecule has 0 bridgehead atoms. The SMILES string of the molecule is CC1(O)CCN(CCCC(C)(C)C(N)=S)C1. The highest BCUT2D eigenvalue weighted by Gasteiger charge is 2.31. The molecule has 0 saturated carbocycles. The molecular weight excluding hydrogens is 220 g/mol. The smallest absolute Gasteiger partial charge is 0.0784 e. The third-order valence-electron chi connectivity index (χ3n) is 3.47. The number of aliphatic hydroxyl groups is 1. The number of hydrogen-bond acceptors (Lipinski definition) is 3. The van der Waals surface area contributed by atoms with Crippen molar-refractivity contribution in [2.75, 3.05) is 19.6 Å². The van der Waals surface area contributed by atoms with E-state index in [-0.39, 0.29) is 5.41 Å². The van der Waals surface area contributed by atoms with Crippen LogP contribution in [0.2, 0.25) is 0 Å². The van der Waals surface area contributed by atoms with E-state index in [1.165, 1.54) is 0 Å². The molecule has 0 amide bonds. The zero-order valence-electron chi connectivity index (χ0n) is 10.6. The lowest BCUT2D eigenvalue weighted by Crippen LogP contribution is -2.33. The van der Waals surface area contributed by atoms with Crippen molar-refractivity contribution in [1.82, 2.24) is 4.90 Å². The van der Waals surface area contributed by atoms with Gasteiger partial charge in [-0.05, 0) is 32.7 Å². The van der Waals surface area contributed by atoms with Crippen molar-refractivity contribution in [3.8, 4) is 0 Å². The number of nitrogens with two attached hydrogens (primary N) is 1. The summed E-state index contributed by atoms with van der Waals surface area (Å²) < 4.78 is 0. The summed E-state index contributed by atoms with van der Waals surface area (Å²) in [5, 5.41) is 9.83. The molecule has 1 unspecified atom stereocenters. The quantitative estimate of drug-likeness (QED) is 0.720. The molecule has 3 N–H and O–H groups in total. The molecule has 1 saturated heterocycles. The Morgan fingerprint density at radius 3 is 2.62 bits per heavy atom. The van der Waals surface area contributed by atoms with Gasteiger partial charge in [0.2, 0.25) is 0 Å². The van der Waals surface area contributed by atoms with Gasteiger partial charge in [0.25, 0.3) is 0 Å². The number of hydrogen-bond donors (Lipinski definition) is 2. The lowest BCUT2D eigenvalue weighted by atomic mass is 9.88. The molecular formula is C12H24N2OS. The third-order valence-corrected chi connectivity index (χ3v) is 4.03. The minimum absolute atomic E-state index is 0.0441. The van der Waals surface area contributed by atoms with Crippen molar-refractivity contribution in [1.29, 1.82) is 0 Å². The Morgan fingerprint density at radius 2 is 2.19 bits per heavy atom. The van der Waals surface area contributed by atoms with Crippen LogP contribution in [0.15, 0.2) is 0 Å². The second kappa shape index (κ2) is 4.98. The molecule has 0 aromatic heterocycles. The number of β-amino-alcohol motifs (C(OH)–C–C–N with tert-alkyl or cyclic N) is 1. The maximum Gasteiger partial charge on any atom is 0.0784 e. The van der Waals surface area contributed by atoms with E-state index >= 15 is 0 Å². The van der Waals surface area contributed by atoms with Crippen LogP contribution in [0.3, 0.4) is 0 Å². The van der Waals surface area contributed by atoms with E-state index in [2.05, 4.69) is 18.7 Å². The normalized spacial score (nSPS) is 27.2. The van der Waals surface area contributed by atoms with Crippen molar-refractivity contribution in [3.63, 3.8) is 0 Å².